The van der Waals surface area contributed by atoms with Crippen LogP contribution in [0.15, 0.2) is 271 Å². The van der Waals surface area contributed by atoms with Crippen molar-refractivity contribution in [1.29, 1.82) is 0 Å². The Morgan fingerprint density at radius 1 is 0.365 bits per heavy atom. The van der Waals surface area contributed by atoms with Crippen LogP contribution in [-0.2, 0) is 0 Å². The first-order chi connectivity index (χ1) is 36.7. The molecule has 0 saturated heterocycles. The Bertz CT molecular complexity index is 3860. The zero-order chi connectivity index (χ0) is 48.7. The van der Waals surface area contributed by atoms with Crippen molar-refractivity contribution in [2.75, 3.05) is 10.2 Å². The number of nitrogens with zero attached hydrogens (tertiary/aromatic N) is 1. The summed E-state index contributed by atoms with van der Waals surface area (Å²) in [6.07, 6.45) is 0. The Balaban J connectivity index is 0.918. The lowest BCUT2D eigenvalue weighted by atomic mass is 9.31. The number of fused-ring (bicyclic) bond motifs is 8. The number of hydrogen-bond donors (Lipinski definition) is 1. The molecule has 0 aliphatic carbocycles. The molecule has 4 heterocycles. The van der Waals surface area contributed by atoms with Gasteiger partial charge in [-0.3, -0.25) is 0 Å². The van der Waals surface area contributed by atoms with E-state index in [2.05, 4.69) is 271 Å². The molecule has 1 N–H and O–H groups in total. The summed E-state index contributed by atoms with van der Waals surface area (Å²) < 4.78 is 14.4. The number of rotatable bonds is 8. The molecule has 0 spiro atoms. The first kappa shape index (κ1) is 42.9. The molecule has 15 rings (SSSR count). The predicted molar refractivity (Wildman–Crippen MR) is 313 cm³/mol. The highest BCUT2D eigenvalue weighted by molar-refractivity contribution is 8.00. The number of benzene rings is 11. The van der Waals surface area contributed by atoms with Crippen molar-refractivity contribution in [3.05, 3.63) is 261 Å². The second-order valence-corrected chi connectivity index (χ2v) is 24.4. The molecule has 0 amide bonds. The summed E-state index contributed by atoms with van der Waals surface area (Å²) in [6, 6.07) is 95.4. The summed E-state index contributed by atoms with van der Waals surface area (Å²) in [5.41, 5.74) is 14.9. The highest BCUT2D eigenvalue weighted by Crippen LogP contribution is 2.44. The van der Waals surface area contributed by atoms with Gasteiger partial charge in [-0.25, -0.2) is 0 Å². The van der Waals surface area contributed by atoms with Crippen molar-refractivity contribution in [2.24, 2.45) is 0 Å². The minimum atomic E-state index is -2.93. The fraction of sp³-hybridized carbons (Fsp3) is 0. The van der Waals surface area contributed by atoms with Crippen LogP contribution in [0.4, 0.5) is 28.4 Å². The largest absolute Gasteiger partial charge is 0.458 e. The van der Waals surface area contributed by atoms with Crippen LogP contribution in [0.25, 0.3) is 11.1 Å². The number of anilines is 5. The molecule has 4 aliphatic heterocycles. The Labute approximate surface area is 437 Å². The van der Waals surface area contributed by atoms with Gasteiger partial charge in [0.05, 0.1) is 0 Å². The van der Waals surface area contributed by atoms with Crippen molar-refractivity contribution < 1.29 is 9.47 Å². The quantitative estimate of drug-likeness (QED) is 0.121. The number of para-hydroxylation sites is 3. The molecule has 0 radical (unpaired) electrons. The first-order valence-electron chi connectivity index (χ1n) is 25.4. The van der Waals surface area contributed by atoms with E-state index in [0.717, 1.165) is 79.0 Å². The molecule has 346 valence electrons. The predicted octanol–water partition coefficient (Wildman–Crippen LogP) is 9.97. The highest BCUT2D eigenvalue weighted by Gasteiger charge is 2.46. The monoisotopic (exact) mass is 978 g/mol. The van der Waals surface area contributed by atoms with Crippen molar-refractivity contribution in [3.8, 4) is 34.1 Å². The van der Waals surface area contributed by atoms with E-state index >= 15 is 0 Å². The second kappa shape index (κ2) is 17.2. The molecule has 74 heavy (non-hydrogen) atoms. The SMILES string of the molecule is c1ccc(N(c2ccccc2)c2cc3c4c(c2)Sc2ccccc2B4c2cc4c(cc2N3)Oc2cc(-c3ccccc3[Si](c3ccccc3)(c3ccccc3)c3ccccc3)cc3c2B4c2ccccc2O3)cc1. The van der Waals surface area contributed by atoms with Crippen LogP contribution in [0.2, 0.25) is 0 Å². The van der Waals surface area contributed by atoms with Gasteiger partial charge < -0.3 is 19.7 Å². The smallest absolute Gasteiger partial charge is 0.260 e. The fourth-order valence-electron chi connectivity index (χ4n) is 12.5. The third-order valence-electron chi connectivity index (χ3n) is 15.6. The lowest BCUT2D eigenvalue weighted by molar-refractivity contribution is 0.465. The highest BCUT2D eigenvalue weighted by atomic mass is 32.2. The van der Waals surface area contributed by atoms with E-state index in [9.17, 15) is 0 Å². The number of hydrogen-bond acceptors (Lipinski definition) is 5. The van der Waals surface area contributed by atoms with Crippen molar-refractivity contribution in [2.45, 2.75) is 9.79 Å². The number of nitrogens with one attached hydrogen (secondary N) is 1. The van der Waals surface area contributed by atoms with E-state index < -0.39 is 8.07 Å². The van der Waals surface area contributed by atoms with Crippen LogP contribution in [0.3, 0.4) is 0 Å². The van der Waals surface area contributed by atoms with E-state index in [1.54, 1.807) is 0 Å². The normalized spacial score (nSPS) is 13.1. The maximum atomic E-state index is 7.37. The molecule has 0 atom stereocenters. The van der Waals surface area contributed by atoms with Crippen LogP contribution in [0, 0.1) is 0 Å². The standard InChI is InChI=1S/C66H44B2N2O2SSi/c1-6-22-45(23-7-1)70(46-24-8-2-9-25-46)47-40-57-65-63(41-47)73-62-36-20-18-34-53(62)68(65)54-42-55-59(43-56(54)69-57)72-61-39-44(38-60-66(61)67(55)52-33-17-19-35-58(52)71-60)51-32-16-21-37-64(51)74(48-26-10-3-11-27-48,49-28-12-4-13-29-49)50-30-14-5-15-31-50/h1-43,69H. The van der Waals surface area contributed by atoms with E-state index in [0.29, 0.717) is 0 Å². The summed E-state index contributed by atoms with van der Waals surface area (Å²) in [4.78, 5) is 4.89. The van der Waals surface area contributed by atoms with Gasteiger partial charge in [0.15, 0.2) is 8.07 Å². The average molecular weight is 979 g/mol. The van der Waals surface area contributed by atoms with Crippen molar-refractivity contribution in [3.63, 3.8) is 0 Å². The second-order valence-electron chi connectivity index (χ2n) is 19.5. The summed E-state index contributed by atoms with van der Waals surface area (Å²) in [7, 11) is -2.93. The molecule has 4 nitrogen and oxygen atoms in total. The van der Waals surface area contributed by atoms with Gasteiger partial charge in [0.2, 0.25) is 6.71 Å². The van der Waals surface area contributed by atoms with E-state index in [1.807, 2.05) is 11.8 Å². The summed E-state index contributed by atoms with van der Waals surface area (Å²) in [5, 5.41) is 9.30. The van der Waals surface area contributed by atoms with Crippen LogP contribution < -0.4 is 73.2 Å². The van der Waals surface area contributed by atoms with Gasteiger partial charge in [0.25, 0.3) is 6.71 Å². The third-order valence-corrected chi connectivity index (χ3v) is 21.5. The lowest BCUT2D eigenvalue weighted by Crippen LogP contribution is -2.75. The van der Waals surface area contributed by atoms with E-state index in [4.69, 9.17) is 9.47 Å². The topological polar surface area (TPSA) is 33.7 Å². The Kier molecular flexibility index (Phi) is 10.0. The van der Waals surface area contributed by atoms with Gasteiger partial charge in [0, 0.05) is 49.8 Å². The molecule has 11 aromatic carbocycles. The molecule has 11 aromatic rings. The van der Waals surface area contributed by atoms with Gasteiger partial charge in [-0.1, -0.05) is 211 Å². The molecule has 0 aromatic heterocycles. The minimum Gasteiger partial charge on any atom is -0.458 e. The minimum absolute atomic E-state index is 0.00746. The maximum absolute atomic E-state index is 7.37. The van der Waals surface area contributed by atoms with Crippen LogP contribution in [0.5, 0.6) is 23.0 Å². The average Bonchev–Trinajstić information content (AvgIpc) is 3.50. The number of ether oxygens (including phenoxy) is 2. The van der Waals surface area contributed by atoms with Gasteiger partial charge in [0.1, 0.15) is 23.0 Å². The lowest BCUT2D eigenvalue weighted by Gasteiger charge is -2.38. The third kappa shape index (κ3) is 6.65. The van der Waals surface area contributed by atoms with Crippen molar-refractivity contribution >= 4 is 115 Å². The molecule has 8 heteroatoms. The Hall–Kier alpha value is -8.68. The fourth-order valence-corrected chi connectivity index (χ4v) is 18.7. The van der Waals surface area contributed by atoms with Gasteiger partial charge in [-0.05, 0) is 114 Å². The molecule has 4 aliphatic rings. The van der Waals surface area contributed by atoms with E-state index in [-0.39, 0.29) is 13.4 Å². The molecule has 0 fully saturated rings. The summed E-state index contributed by atoms with van der Waals surface area (Å²) in [6.45, 7) is -0.107. The molecule has 0 saturated carbocycles. The first-order valence-corrected chi connectivity index (χ1v) is 28.2. The van der Waals surface area contributed by atoms with Crippen LogP contribution in [-0.4, -0.2) is 21.5 Å². The molecule has 0 unspecified atom stereocenters. The summed E-state index contributed by atoms with van der Waals surface area (Å²) in [5.74, 6) is 3.35. The van der Waals surface area contributed by atoms with Gasteiger partial charge >= 0.3 is 0 Å². The van der Waals surface area contributed by atoms with Crippen LogP contribution in [0.1, 0.15) is 0 Å². The molecular formula is C66H44B2N2O2SSi. The van der Waals surface area contributed by atoms with Crippen LogP contribution >= 0.6 is 11.8 Å². The van der Waals surface area contributed by atoms with Crippen molar-refractivity contribution in [1.82, 2.24) is 0 Å². The summed E-state index contributed by atoms with van der Waals surface area (Å²) >= 11 is 1.86. The Morgan fingerprint density at radius 3 is 1.54 bits per heavy atom. The molecular weight excluding hydrogens is 935 g/mol. The van der Waals surface area contributed by atoms with Gasteiger partial charge in [-0.15, -0.1) is 0 Å². The Morgan fingerprint density at radius 2 is 0.892 bits per heavy atom. The zero-order valence-corrected chi connectivity index (χ0v) is 42.0. The zero-order valence-electron chi connectivity index (χ0n) is 40.2. The van der Waals surface area contributed by atoms with Gasteiger partial charge in [-0.2, -0.15) is 0 Å². The molecule has 0 bridgehead atoms. The maximum Gasteiger partial charge on any atom is 0.260 e. The van der Waals surface area contributed by atoms with E-state index in [1.165, 1.54) is 46.9 Å².